The zero-order valence-corrected chi connectivity index (χ0v) is 13.7. The van der Waals surface area contributed by atoms with E-state index in [1.54, 1.807) is 0 Å². The monoisotopic (exact) mass is 304 g/mol. The molecule has 0 aliphatic carbocycles. The molecule has 0 fully saturated rings. The Kier molecular flexibility index (Phi) is 5.02. The summed E-state index contributed by atoms with van der Waals surface area (Å²) in [5.74, 6) is 2.65. The Balaban J connectivity index is 2.34. The highest BCUT2D eigenvalue weighted by Crippen LogP contribution is 2.25. The van der Waals surface area contributed by atoms with Crippen molar-refractivity contribution in [3.63, 3.8) is 0 Å². The van der Waals surface area contributed by atoms with Crippen molar-refractivity contribution in [3.8, 4) is 0 Å². The molecule has 0 radical (unpaired) electrons. The zero-order valence-electron chi connectivity index (χ0n) is 12.9. The number of aryl methyl sites for hydroxylation is 1. The highest BCUT2D eigenvalue weighted by Gasteiger charge is 2.14. The minimum absolute atomic E-state index is 0.712. The van der Waals surface area contributed by atoms with Crippen LogP contribution in [0.25, 0.3) is 0 Å². The van der Waals surface area contributed by atoms with E-state index in [2.05, 4.69) is 27.1 Å². The van der Waals surface area contributed by atoms with Gasteiger partial charge >= 0.3 is 0 Å². The normalized spacial score (nSPS) is 10.5. The van der Waals surface area contributed by atoms with Gasteiger partial charge in [-0.05, 0) is 18.6 Å². The number of hydrogen-bond donors (Lipinski definition) is 1. The summed E-state index contributed by atoms with van der Waals surface area (Å²) in [4.78, 5) is 11.3. The molecule has 5 heteroatoms. The maximum absolute atomic E-state index is 6.24. The van der Waals surface area contributed by atoms with E-state index in [1.165, 1.54) is 0 Å². The lowest BCUT2D eigenvalue weighted by atomic mass is 10.2. The Labute approximate surface area is 131 Å². The van der Waals surface area contributed by atoms with Crippen LogP contribution in [0.15, 0.2) is 24.3 Å². The summed E-state index contributed by atoms with van der Waals surface area (Å²) in [5.41, 5.74) is 2.13. The second kappa shape index (κ2) is 6.76. The number of nitrogens with one attached hydrogen (secondary N) is 1. The van der Waals surface area contributed by atoms with E-state index in [0.29, 0.717) is 6.54 Å². The molecule has 0 bridgehead atoms. The summed E-state index contributed by atoms with van der Waals surface area (Å²) in [5, 5.41) is 3.91. The predicted molar refractivity (Wildman–Crippen MR) is 89.3 cm³/mol. The number of halogens is 1. The lowest BCUT2D eigenvalue weighted by Crippen LogP contribution is -2.21. The summed E-state index contributed by atoms with van der Waals surface area (Å²) < 4.78 is 0. The summed E-state index contributed by atoms with van der Waals surface area (Å²) in [6, 6.07) is 7.89. The van der Waals surface area contributed by atoms with Gasteiger partial charge in [0.15, 0.2) is 0 Å². The molecule has 2 aromatic rings. The van der Waals surface area contributed by atoms with E-state index >= 15 is 0 Å². The number of nitrogens with zero attached hydrogens (tertiary/aromatic N) is 3. The van der Waals surface area contributed by atoms with E-state index in [9.17, 15) is 0 Å². The van der Waals surface area contributed by atoms with Gasteiger partial charge in [-0.2, -0.15) is 0 Å². The highest BCUT2D eigenvalue weighted by molar-refractivity contribution is 6.31. The molecular weight excluding hydrogens is 284 g/mol. The second-order valence-corrected chi connectivity index (χ2v) is 5.40. The first-order valence-electron chi connectivity index (χ1n) is 7.06. The van der Waals surface area contributed by atoms with Crippen LogP contribution in [-0.2, 0) is 13.0 Å². The van der Waals surface area contributed by atoms with E-state index in [4.69, 9.17) is 11.6 Å². The third kappa shape index (κ3) is 3.45. The molecule has 0 amide bonds. The SMILES string of the molecule is CCc1nc(NC)c(C)c(N(C)Cc2ccccc2Cl)n1. The predicted octanol–water partition coefficient (Wildman–Crippen LogP) is 3.68. The standard InChI is InChI=1S/C16H21ClN4/c1-5-14-19-15(18-3)11(2)16(20-14)21(4)10-12-8-6-7-9-13(12)17/h6-9H,5,10H2,1-4H3,(H,18,19,20). The second-order valence-electron chi connectivity index (χ2n) is 4.99. The van der Waals surface area contributed by atoms with Gasteiger partial charge in [-0.25, -0.2) is 9.97 Å². The minimum atomic E-state index is 0.712. The molecule has 1 aromatic heterocycles. The number of aromatic nitrogens is 2. The maximum atomic E-state index is 6.24. The fourth-order valence-corrected chi connectivity index (χ4v) is 2.48. The Morgan fingerprint density at radius 1 is 1.24 bits per heavy atom. The molecule has 0 aliphatic rings. The van der Waals surface area contributed by atoms with Gasteiger partial charge in [0.05, 0.1) is 0 Å². The Hall–Kier alpha value is -1.81. The fourth-order valence-electron chi connectivity index (χ4n) is 2.28. The molecule has 112 valence electrons. The molecule has 0 atom stereocenters. The van der Waals surface area contributed by atoms with E-state index in [0.717, 1.165) is 40.0 Å². The number of hydrogen-bond acceptors (Lipinski definition) is 4. The quantitative estimate of drug-likeness (QED) is 0.915. The van der Waals surface area contributed by atoms with Gasteiger partial charge in [0.1, 0.15) is 17.5 Å². The first kappa shape index (κ1) is 15.6. The first-order chi connectivity index (χ1) is 10.1. The smallest absolute Gasteiger partial charge is 0.137 e. The van der Waals surface area contributed by atoms with Gasteiger partial charge in [0, 0.05) is 37.6 Å². The summed E-state index contributed by atoms with van der Waals surface area (Å²) in [6.07, 6.45) is 0.807. The molecule has 0 spiro atoms. The van der Waals surface area contributed by atoms with Crippen LogP contribution in [-0.4, -0.2) is 24.1 Å². The van der Waals surface area contributed by atoms with Crippen LogP contribution in [0.4, 0.5) is 11.6 Å². The van der Waals surface area contributed by atoms with Gasteiger partial charge < -0.3 is 10.2 Å². The third-order valence-electron chi connectivity index (χ3n) is 3.45. The summed E-state index contributed by atoms with van der Waals surface area (Å²) in [6.45, 7) is 4.80. The average molecular weight is 305 g/mol. The van der Waals surface area contributed by atoms with Crippen molar-refractivity contribution in [1.82, 2.24) is 9.97 Å². The van der Waals surface area contributed by atoms with Crippen LogP contribution >= 0.6 is 11.6 Å². The highest BCUT2D eigenvalue weighted by atomic mass is 35.5. The zero-order chi connectivity index (χ0) is 15.4. The molecule has 0 saturated heterocycles. The molecule has 0 aliphatic heterocycles. The molecule has 0 unspecified atom stereocenters. The van der Waals surface area contributed by atoms with E-state index in [-0.39, 0.29) is 0 Å². The lowest BCUT2D eigenvalue weighted by Gasteiger charge is -2.22. The topological polar surface area (TPSA) is 41.1 Å². The van der Waals surface area contributed by atoms with Crippen molar-refractivity contribution >= 4 is 23.2 Å². The fraction of sp³-hybridized carbons (Fsp3) is 0.375. The Bertz CT molecular complexity index is 628. The lowest BCUT2D eigenvalue weighted by molar-refractivity contribution is 0.851. The van der Waals surface area contributed by atoms with Crippen LogP contribution < -0.4 is 10.2 Å². The average Bonchev–Trinajstić information content (AvgIpc) is 2.49. The molecule has 21 heavy (non-hydrogen) atoms. The molecule has 1 aromatic carbocycles. The van der Waals surface area contributed by atoms with Gasteiger partial charge in [-0.1, -0.05) is 36.7 Å². The van der Waals surface area contributed by atoms with Gasteiger partial charge in [-0.3, -0.25) is 0 Å². The number of rotatable bonds is 5. The minimum Gasteiger partial charge on any atom is -0.373 e. The van der Waals surface area contributed by atoms with Gasteiger partial charge in [0.2, 0.25) is 0 Å². The Morgan fingerprint density at radius 2 is 1.95 bits per heavy atom. The van der Waals surface area contributed by atoms with Crippen molar-refractivity contribution in [2.45, 2.75) is 26.8 Å². The van der Waals surface area contributed by atoms with Crippen LogP contribution in [0, 0.1) is 6.92 Å². The van der Waals surface area contributed by atoms with Crippen LogP contribution in [0.5, 0.6) is 0 Å². The number of anilines is 2. The third-order valence-corrected chi connectivity index (χ3v) is 3.82. The molecular formula is C16H21ClN4. The van der Waals surface area contributed by atoms with E-state index in [1.807, 2.05) is 45.3 Å². The maximum Gasteiger partial charge on any atom is 0.137 e. The largest absolute Gasteiger partial charge is 0.373 e. The van der Waals surface area contributed by atoms with Crippen LogP contribution in [0.3, 0.4) is 0 Å². The first-order valence-corrected chi connectivity index (χ1v) is 7.44. The molecule has 1 N–H and O–H groups in total. The summed E-state index contributed by atoms with van der Waals surface area (Å²) >= 11 is 6.24. The van der Waals surface area contributed by atoms with Crippen molar-refractivity contribution in [3.05, 3.63) is 46.2 Å². The molecule has 4 nitrogen and oxygen atoms in total. The van der Waals surface area contributed by atoms with Crippen molar-refractivity contribution in [2.75, 3.05) is 24.3 Å². The van der Waals surface area contributed by atoms with Crippen molar-refractivity contribution in [2.24, 2.45) is 0 Å². The van der Waals surface area contributed by atoms with Crippen molar-refractivity contribution < 1.29 is 0 Å². The summed E-state index contributed by atoms with van der Waals surface area (Å²) in [7, 11) is 3.91. The Morgan fingerprint density at radius 3 is 2.57 bits per heavy atom. The van der Waals surface area contributed by atoms with Gasteiger partial charge in [0.25, 0.3) is 0 Å². The molecule has 2 rings (SSSR count). The molecule has 0 saturated carbocycles. The van der Waals surface area contributed by atoms with Crippen LogP contribution in [0.2, 0.25) is 5.02 Å². The number of benzene rings is 1. The molecule has 1 heterocycles. The van der Waals surface area contributed by atoms with Crippen molar-refractivity contribution in [1.29, 1.82) is 0 Å². The van der Waals surface area contributed by atoms with E-state index < -0.39 is 0 Å². The van der Waals surface area contributed by atoms with Crippen LogP contribution in [0.1, 0.15) is 23.9 Å². The van der Waals surface area contributed by atoms with Gasteiger partial charge in [-0.15, -0.1) is 0 Å².